The highest BCUT2D eigenvalue weighted by atomic mass is 16.5. The van der Waals surface area contributed by atoms with Crippen LogP contribution in [0.2, 0.25) is 0 Å². The SMILES string of the molecule is C/C=C\C(CN(C)C(=O)OC)=C(/C)c1ccc(C)c2c1C[C@H]1C[C@H]3[C@H](N(C)C)C(=O)C(C(N)=O)=C(O)[C@@]3(O)C(=O)C1=C2O. The monoisotopic (exact) mass is 593 g/mol. The first kappa shape index (κ1) is 31.7. The minimum absolute atomic E-state index is 0.0607. The van der Waals surface area contributed by atoms with Crippen molar-refractivity contribution in [2.45, 2.75) is 45.3 Å². The van der Waals surface area contributed by atoms with Gasteiger partial charge in [-0.15, -0.1) is 0 Å². The zero-order chi connectivity index (χ0) is 32.1. The first-order valence-electron chi connectivity index (χ1n) is 14.0. The number of aliphatic hydroxyl groups is 3. The molecule has 2 amide bonds. The van der Waals surface area contributed by atoms with Crippen LogP contribution >= 0.6 is 0 Å². The highest BCUT2D eigenvalue weighted by Gasteiger charge is 2.64. The van der Waals surface area contributed by atoms with Crippen LogP contribution < -0.4 is 5.73 Å². The number of nitrogens with two attached hydrogens (primary N) is 1. The molecule has 0 spiro atoms. The molecule has 4 atom stereocenters. The van der Waals surface area contributed by atoms with E-state index >= 15 is 0 Å². The van der Waals surface area contributed by atoms with E-state index in [-0.39, 0.29) is 24.3 Å². The standard InChI is InChI=1S/C32H39N3O8/c1-8-9-17(14-35(6)31(41)43-7)16(3)19-11-10-15(2)22-20(19)12-18-13-21-25(34(4)5)27(37)24(30(33)40)29(39)32(21,42)28(38)23(18)26(22)36/h8-11,18,21,25,36,39,42H,12-14H2,1-7H3,(H2,33,40)/b9-8-,17-16-/t18-,21-,25-,32-/m0/s1. The average Bonchev–Trinajstić information content (AvgIpc) is 2.93. The second-order valence-corrected chi connectivity index (χ2v) is 11.7. The van der Waals surface area contributed by atoms with Gasteiger partial charge in [0.05, 0.1) is 13.2 Å². The highest BCUT2D eigenvalue weighted by molar-refractivity contribution is 6.24. The maximum atomic E-state index is 14.1. The van der Waals surface area contributed by atoms with Crippen LogP contribution in [0, 0.1) is 18.8 Å². The Hall–Kier alpha value is -4.22. The molecule has 3 aliphatic carbocycles. The molecule has 230 valence electrons. The van der Waals surface area contributed by atoms with Gasteiger partial charge < -0.3 is 30.7 Å². The highest BCUT2D eigenvalue weighted by Crippen LogP contribution is 2.52. The lowest BCUT2D eigenvalue weighted by Crippen LogP contribution is -2.65. The summed E-state index contributed by atoms with van der Waals surface area (Å²) in [5.41, 5.74) is 6.33. The van der Waals surface area contributed by atoms with Gasteiger partial charge in [0.15, 0.2) is 11.4 Å². The minimum atomic E-state index is -2.62. The van der Waals surface area contributed by atoms with E-state index < -0.39 is 58.4 Å². The third-order valence-corrected chi connectivity index (χ3v) is 8.98. The summed E-state index contributed by atoms with van der Waals surface area (Å²) in [6, 6.07) is 2.64. The first-order chi connectivity index (χ1) is 20.1. The largest absolute Gasteiger partial charge is 0.508 e. The van der Waals surface area contributed by atoms with Gasteiger partial charge in [-0.3, -0.25) is 19.3 Å². The van der Waals surface area contributed by atoms with Gasteiger partial charge in [0.2, 0.25) is 5.78 Å². The van der Waals surface area contributed by atoms with Crippen LogP contribution in [0.3, 0.4) is 0 Å². The Labute approximate surface area is 250 Å². The van der Waals surface area contributed by atoms with Gasteiger partial charge in [0.25, 0.3) is 5.91 Å². The third-order valence-electron chi connectivity index (χ3n) is 8.98. The van der Waals surface area contributed by atoms with Crippen molar-refractivity contribution in [3.63, 3.8) is 0 Å². The maximum Gasteiger partial charge on any atom is 0.409 e. The van der Waals surface area contributed by atoms with E-state index in [4.69, 9.17) is 10.5 Å². The molecule has 1 saturated carbocycles. The Morgan fingerprint density at radius 2 is 1.84 bits per heavy atom. The Morgan fingerprint density at radius 3 is 2.40 bits per heavy atom. The molecule has 0 aliphatic heterocycles. The minimum Gasteiger partial charge on any atom is -0.508 e. The summed E-state index contributed by atoms with van der Waals surface area (Å²) >= 11 is 0. The van der Waals surface area contributed by atoms with Crippen molar-refractivity contribution in [2.24, 2.45) is 17.6 Å². The molecule has 5 N–H and O–H groups in total. The lowest BCUT2D eigenvalue weighted by molar-refractivity contribution is -0.153. The topological polar surface area (TPSA) is 171 Å². The summed E-state index contributed by atoms with van der Waals surface area (Å²) in [5.74, 6) is -6.07. The average molecular weight is 594 g/mol. The number of Topliss-reactive ketones (excluding diaryl/α,β-unsaturated/α-hetero) is 2. The number of primary amides is 1. The predicted molar refractivity (Wildman–Crippen MR) is 160 cm³/mol. The zero-order valence-corrected chi connectivity index (χ0v) is 25.5. The van der Waals surface area contributed by atoms with E-state index in [2.05, 4.69) is 0 Å². The van der Waals surface area contributed by atoms with Gasteiger partial charge in [0.1, 0.15) is 17.1 Å². The van der Waals surface area contributed by atoms with Crippen molar-refractivity contribution in [1.82, 2.24) is 9.80 Å². The molecule has 11 nitrogen and oxygen atoms in total. The number of hydrogen-bond acceptors (Lipinski definition) is 9. The lowest BCUT2D eigenvalue weighted by Gasteiger charge is -2.50. The fourth-order valence-electron chi connectivity index (χ4n) is 6.94. The summed E-state index contributed by atoms with van der Waals surface area (Å²) in [6.45, 7) is 5.84. The molecular formula is C32H39N3O8. The number of hydrogen-bond donors (Lipinski definition) is 4. The fourth-order valence-corrected chi connectivity index (χ4v) is 6.94. The summed E-state index contributed by atoms with van der Waals surface area (Å²) in [6.07, 6.45) is 3.64. The number of ketones is 2. The van der Waals surface area contributed by atoms with Crippen LogP contribution in [0.25, 0.3) is 11.3 Å². The van der Waals surface area contributed by atoms with E-state index in [0.717, 1.165) is 22.3 Å². The quantitative estimate of drug-likeness (QED) is 0.286. The van der Waals surface area contributed by atoms with Crippen LogP contribution in [-0.2, 0) is 25.5 Å². The van der Waals surface area contributed by atoms with Gasteiger partial charge in [-0.2, -0.15) is 0 Å². The van der Waals surface area contributed by atoms with Gasteiger partial charge in [0, 0.05) is 30.6 Å². The number of carbonyl (C=O) groups excluding carboxylic acids is 4. The number of aryl methyl sites for hydroxylation is 1. The molecule has 0 aromatic heterocycles. The third kappa shape index (κ3) is 4.86. The Morgan fingerprint density at radius 1 is 1.19 bits per heavy atom. The Kier molecular flexibility index (Phi) is 8.45. The number of ether oxygens (including phenoxy) is 1. The smallest absolute Gasteiger partial charge is 0.409 e. The number of likely N-dealkylation sites (N-methyl/N-ethyl adjacent to an activating group) is 2. The van der Waals surface area contributed by atoms with Crippen molar-refractivity contribution in [2.75, 3.05) is 34.8 Å². The van der Waals surface area contributed by atoms with Crippen LogP contribution in [0.15, 0.2) is 46.8 Å². The van der Waals surface area contributed by atoms with Crippen LogP contribution in [-0.4, -0.2) is 95.1 Å². The molecule has 1 aromatic carbocycles. The molecule has 0 saturated heterocycles. The summed E-state index contributed by atoms with van der Waals surface area (Å²) in [7, 11) is 6.10. The molecule has 3 aliphatic rings. The number of allylic oxidation sites excluding steroid dienone is 2. The van der Waals surface area contributed by atoms with Crippen LogP contribution in [0.1, 0.15) is 42.5 Å². The molecule has 4 rings (SSSR count). The van der Waals surface area contributed by atoms with Crippen molar-refractivity contribution in [1.29, 1.82) is 0 Å². The molecular weight excluding hydrogens is 554 g/mol. The van der Waals surface area contributed by atoms with Gasteiger partial charge in [-0.25, -0.2) is 4.79 Å². The number of amides is 2. The second kappa shape index (κ2) is 11.5. The maximum absolute atomic E-state index is 14.1. The Balaban J connectivity index is 1.94. The molecule has 1 aromatic rings. The van der Waals surface area contributed by atoms with E-state index in [1.54, 1.807) is 28.1 Å². The molecule has 0 bridgehead atoms. The van der Waals surface area contributed by atoms with E-state index in [1.165, 1.54) is 16.9 Å². The number of nitrogens with zero attached hydrogens (tertiary/aromatic N) is 2. The first-order valence-corrected chi connectivity index (χ1v) is 14.0. The van der Waals surface area contributed by atoms with Crippen molar-refractivity contribution in [3.05, 3.63) is 69.0 Å². The summed E-state index contributed by atoms with van der Waals surface area (Å²) < 4.78 is 4.85. The number of carbonyl (C=O) groups is 4. The van der Waals surface area contributed by atoms with Crippen molar-refractivity contribution >= 4 is 34.9 Å². The molecule has 43 heavy (non-hydrogen) atoms. The molecule has 0 unspecified atom stereocenters. The van der Waals surface area contributed by atoms with Gasteiger partial charge >= 0.3 is 6.09 Å². The number of benzene rings is 1. The second-order valence-electron chi connectivity index (χ2n) is 11.7. The van der Waals surface area contributed by atoms with E-state index in [9.17, 15) is 34.5 Å². The predicted octanol–water partition coefficient (Wildman–Crippen LogP) is 2.61. The Bertz CT molecular complexity index is 1550. The normalized spacial score (nSPS) is 25.8. The van der Waals surface area contributed by atoms with E-state index in [0.29, 0.717) is 17.5 Å². The van der Waals surface area contributed by atoms with Crippen molar-refractivity contribution < 1.29 is 39.2 Å². The van der Waals surface area contributed by atoms with Gasteiger partial charge in [-0.1, -0.05) is 24.3 Å². The van der Waals surface area contributed by atoms with Gasteiger partial charge in [-0.05, 0) is 81.5 Å². The number of rotatable bonds is 6. The van der Waals surface area contributed by atoms with Crippen molar-refractivity contribution in [3.8, 4) is 0 Å². The molecule has 11 heteroatoms. The zero-order valence-electron chi connectivity index (χ0n) is 25.5. The van der Waals surface area contributed by atoms with Crippen LogP contribution in [0.4, 0.5) is 4.79 Å². The number of methoxy groups -OCH3 is 1. The summed E-state index contributed by atoms with van der Waals surface area (Å²) in [4.78, 5) is 54.7. The fraction of sp³-hybridized carbons (Fsp3) is 0.438. The lowest BCUT2D eigenvalue weighted by atomic mass is 9.57. The number of fused-ring (bicyclic) bond motifs is 3. The molecule has 0 radical (unpaired) electrons. The van der Waals surface area contributed by atoms with Crippen LogP contribution in [0.5, 0.6) is 0 Å². The number of aliphatic hydroxyl groups excluding tert-OH is 2. The van der Waals surface area contributed by atoms with E-state index in [1.807, 2.05) is 38.1 Å². The molecule has 1 fully saturated rings. The summed E-state index contributed by atoms with van der Waals surface area (Å²) in [5, 5.41) is 34.5. The molecule has 0 heterocycles.